The normalized spacial score (nSPS) is 6.00. The van der Waals surface area contributed by atoms with Crippen LogP contribution in [-0.2, 0) is 0 Å². The summed E-state index contributed by atoms with van der Waals surface area (Å²) < 4.78 is 24.0. The Kier molecular flexibility index (Phi) is 26.7. The van der Waals surface area contributed by atoms with Gasteiger partial charge in [0.05, 0.1) is 0 Å². The first-order chi connectivity index (χ1) is 1.73. The maximum Gasteiger partial charge on any atom is 0.282 e. The summed E-state index contributed by atoms with van der Waals surface area (Å²) in [6.45, 7) is 0. The number of rotatable bonds is 0. The predicted molar refractivity (Wildman–Crippen MR) is 16.5 cm³/mol. The van der Waals surface area contributed by atoms with Gasteiger partial charge in [-0.2, -0.15) is 0 Å². The third-order valence-electron chi connectivity index (χ3n) is 0. The summed E-state index contributed by atoms with van der Waals surface area (Å²) >= 11 is 0. The van der Waals surface area contributed by atoms with Gasteiger partial charge in [-0.3, -0.25) is 0 Å². The molecular weight excluding hydrogens is 129 g/mol. The molecule has 0 saturated carbocycles. The number of hydrogen-bond acceptors (Lipinski definition) is 3. The van der Waals surface area contributed by atoms with Crippen molar-refractivity contribution in [2.45, 2.75) is 0 Å². The van der Waals surface area contributed by atoms with Gasteiger partial charge < -0.3 is 9.32 Å². The third-order valence-corrected chi connectivity index (χ3v) is 0. The van der Waals surface area contributed by atoms with Crippen LogP contribution in [0, 0.1) is 10.8 Å². The molecule has 0 spiro atoms. The van der Waals surface area contributed by atoms with E-state index in [9.17, 15) is 0 Å². The molecule has 0 unspecified atom stereocenters. The van der Waals surface area contributed by atoms with Crippen LogP contribution in [0.25, 0.3) is 0 Å². The SMILES string of the molecule is [NaH].[NaH].[O-][Cl+2]([O-])O. The average molecular weight is 132 g/mol. The second-order valence-electron chi connectivity index (χ2n) is 0.201. The Bertz CT molecular complexity index is 13.5. The Balaban J connectivity index is -0.0000000450. The van der Waals surface area contributed by atoms with E-state index >= 15 is 0 Å². The minimum absolute atomic E-state index is 0. The summed E-state index contributed by atoms with van der Waals surface area (Å²) in [6, 6.07) is 0. The van der Waals surface area contributed by atoms with Crippen LogP contribution < -0.4 is 9.32 Å². The number of hydrogen-bond donors (Lipinski definition) is 1. The van der Waals surface area contributed by atoms with Gasteiger partial charge in [-0.1, -0.05) is 0 Å². The van der Waals surface area contributed by atoms with E-state index in [0.29, 0.717) is 0 Å². The zero-order valence-electron chi connectivity index (χ0n) is 1.64. The van der Waals surface area contributed by atoms with Crippen LogP contribution in [0.5, 0.6) is 0 Å². The van der Waals surface area contributed by atoms with Crippen LogP contribution >= 0.6 is 0 Å². The molecule has 0 aromatic rings. The Morgan fingerprint density at radius 1 is 1.17 bits per heavy atom. The van der Waals surface area contributed by atoms with Gasteiger partial charge in [-0.25, -0.2) is 0 Å². The quantitative estimate of drug-likeness (QED) is 0.340. The molecule has 6 heteroatoms. The first-order valence-electron chi connectivity index (χ1n) is 0.478. The van der Waals surface area contributed by atoms with Gasteiger partial charge in [-0.15, -0.1) is 0 Å². The zero-order chi connectivity index (χ0) is 3.58. The fourth-order valence-corrected chi connectivity index (χ4v) is 0. The van der Waals surface area contributed by atoms with Gasteiger partial charge in [0.2, 0.25) is 0 Å². The van der Waals surface area contributed by atoms with Crippen molar-refractivity contribution < 1.29 is 24.8 Å². The van der Waals surface area contributed by atoms with Crippen LogP contribution in [0.2, 0.25) is 0 Å². The van der Waals surface area contributed by atoms with Crippen LogP contribution in [0.4, 0.5) is 0 Å². The summed E-state index contributed by atoms with van der Waals surface area (Å²) in [5.41, 5.74) is 0. The molecule has 1 N–H and O–H groups in total. The van der Waals surface area contributed by atoms with Gasteiger partial charge >= 0.3 is 59.1 Å². The van der Waals surface area contributed by atoms with E-state index in [1.54, 1.807) is 0 Å². The van der Waals surface area contributed by atoms with E-state index in [2.05, 4.69) is 0 Å². The molecule has 0 fully saturated rings. The van der Waals surface area contributed by atoms with Crippen LogP contribution in [0.15, 0.2) is 0 Å². The Morgan fingerprint density at radius 2 is 1.17 bits per heavy atom. The van der Waals surface area contributed by atoms with Crippen molar-refractivity contribution in [2.24, 2.45) is 0 Å². The molecule has 0 aliphatic carbocycles. The first-order valence-corrected chi connectivity index (χ1v) is 1.43. The Labute approximate surface area is 82.7 Å². The van der Waals surface area contributed by atoms with Crippen molar-refractivity contribution >= 4 is 59.1 Å². The summed E-state index contributed by atoms with van der Waals surface area (Å²) in [7, 11) is -2.60. The molecule has 6 heavy (non-hydrogen) atoms. The topological polar surface area (TPSA) is 66.3 Å². The monoisotopic (exact) mass is 132 g/mol. The van der Waals surface area contributed by atoms with E-state index < -0.39 is 10.8 Å². The molecular formula is H3ClNa2O3. The van der Waals surface area contributed by atoms with Gasteiger partial charge in [-0.05, 0) is 0 Å². The minimum Gasteiger partial charge on any atom is -0.321 e. The predicted octanol–water partition coefficient (Wildman–Crippen LogP) is -4.23. The van der Waals surface area contributed by atoms with Crippen LogP contribution in [0.1, 0.15) is 0 Å². The van der Waals surface area contributed by atoms with Gasteiger partial charge in [0.15, 0.2) is 0 Å². The first kappa shape index (κ1) is 15.7. The molecule has 0 atom stereocenters. The fourth-order valence-electron chi connectivity index (χ4n) is 0. The fraction of sp³-hybridized carbons (Fsp3) is 0. The van der Waals surface area contributed by atoms with Gasteiger partial charge in [0.1, 0.15) is 0 Å². The smallest absolute Gasteiger partial charge is 0.282 e. The van der Waals surface area contributed by atoms with Crippen LogP contribution in [-0.4, -0.2) is 63.8 Å². The van der Waals surface area contributed by atoms with E-state index in [1.807, 2.05) is 0 Å². The summed E-state index contributed by atoms with van der Waals surface area (Å²) in [4.78, 5) is 0. The average Bonchev–Trinajstić information content (AvgIpc) is 0.811. The molecule has 0 heterocycles. The largest absolute Gasteiger partial charge is 0.321 e. The molecule has 30 valence electrons. The zero-order valence-corrected chi connectivity index (χ0v) is 2.40. The van der Waals surface area contributed by atoms with Crippen molar-refractivity contribution in [3.8, 4) is 0 Å². The molecule has 0 rings (SSSR count). The molecule has 0 aromatic heterocycles. The maximum atomic E-state index is 8.52. The second-order valence-corrected chi connectivity index (χ2v) is 0.603. The third kappa shape index (κ3) is 35.0. The summed E-state index contributed by atoms with van der Waals surface area (Å²) in [5, 5.41) is 0. The van der Waals surface area contributed by atoms with E-state index in [1.165, 1.54) is 0 Å². The van der Waals surface area contributed by atoms with Gasteiger partial charge in [0, 0.05) is 4.66 Å². The van der Waals surface area contributed by atoms with Crippen LogP contribution in [0.3, 0.4) is 0 Å². The van der Waals surface area contributed by atoms with E-state index in [-0.39, 0.29) is 59.1 Å². The minimum atomic E-state index is -2.60. The van der Waals surface area contributed by atoms with Crippen molar-refractivity contribution in [1.29, 1.82) is 0 Å². The molecule has 0 aromatic carbocycles. The van der Waals surface area contributed by atoms with Crippen molar-refractivity contribution in [3.63, 3.8) is 0 Å². The molecule has 0 amide bonds. The van der Waals surface area contributed by atoms with Crippen molar-refractivity contribution in [1.82, 2.24) is 0 Å². The van der Waals surface area contributed by atoms with Crippen molar-refractivity contribution in [2.75, 3.05) is 0 Å². The standard InChI is InChI=1S/ClHO3.2Na.2H/c2-1(3)4;;;;/h2H;;;;. The molecule has 0 aliphatic heterocycles. The maximum absolute atomic E-state index is 8.52. The van der Waals surface area contributed by atoms with Gasteiger partial charge in [0.25, 0.3) is 10.8 Å². The Morgan fingerprint density at radius 3 is 1.17 bits per heavy atom. The molecule has 0 bridgehead atoms. The molecule has 3 nitrogen and oxygen atoms in total. The summed E-state index contributed by atoms with van der Waals surface area (Å²) in [5.74, 6) is 0. The van der Waals surface area contributed by atoms with E-state index in [4.69, 9.17) is 14.0 Å². The molecule has 0 radical (unpaired) electrons. The second kappa shape index (κ2) is 10.2. The number of halogens is 1. The molecule has 0 aliphatic rings. The Hall–Kier alpha value is 2.17. The van der Waals surface area contributed by atoms with E-state index in [0.717, 1.165) is 0 Å². The summed E-state index contributed by atoms with van der Waals surface area (Å²) in [6.07, 6.45) is 0. The molecule has 0 saturated heterocycles. The van der Waals surface area contributed by atoms with Crippen molar-refractivity contribution in [3.05, 3.63) is 0 Å².